The SMILES string of the molecule is Cc1cccc(OCc2nnc(SCC(=O)Nc3c(F)cc(F)cc3Br)n2C)c1C. The Hall–Kier alpha value is -2.46. The maximum Gasteiger partial charge on any atom is 0.234 e. The normalized spacial score (nSPS) is 10.9. The van der Waals surface area contributed by atoms with Gasteiger partial charge >= 0.3 is 0 Å². The fraction of sp³-hybridized carbons (Fsp3) is 0.250. The van der Waals surface area contributed by atoms with Gasteiger partial charge in [-0.05, 0) is 53.0 Å². The number of hydrogen-bond acceptors (Lipinski definition) is 5. The molecule has 3 rings (SSSR count). The van der Waals surface area contributed by atoms with Gasteiger partial charge in [0.25, 0.3) is 0 Å². The molecule has 0 atom stereocenters. The highest BCUT2D eigenvalue weighted by molar-refractivity contribution is 9.10. The number of ether oxygens (including phenoxy) is 1. The number of thioether (sulfide) groups is 1. The summed E-state index contributed by atoms with van der Waals surface area (Å²) >= 11 is 4.19. The van der Waals surface area contributed by atoms with Gasteiger partial charge in [0, 0.05) is 17.6 Å². The minimum atomic E-state index is -0.857. The van der Waals surface area contributed by atoms with Crippen LogP contribution in [0.2, 0.25) is 0 Å². The number of halogens is 3. The minimum Gasteiger partial charge on any atom is -0.485 e. The van der Waals surface area contributed by atoms with Gasteiger partial charge in [0.2, 0.25) is 5.91 Å². The van der Waals surface area contributed by atoms with Gasteiger partial charge in [-0.1, -0.05) is 23.9 Å². The van der Waals surface area contributed by atoms with E-state index in [4.69, 9.17) is 4.74 Å². The van der Waals surface area contributed by atoms with Gasteiger partial charge in [0.1, 0.15) is 18.2 Å². The Morgan fingerprint density at radius 3 is 2.77 bits per heavy atom. The number of rotatable bonds is 7. The van der Waals surface area contributed by atoms with Crippen LogP contribution in [0.5, 0.6) is 5.75 Å². The molecule has 2 aromatic carbocycles. The van der Waals surface area contributed by atoms with E-state index in [1.165, 1.54) is 0 Å². The van der Waals surface area contributed by atoms with Crippen molar-refractivity contribution in [2.45, 2.75) is 25.6 Å². The van der Waals surface area contributed by atoms with Crippen molar-refractivity contribution in [3.8, 4) is 5.75 Å². The van der Waals surface area contributed by atoms with Crippen LogP contribution in [-0.4, -0.2) is 26.4 Å². The second-order valence-electron chi connectivity index (χ2n) is 6.53. The molecule has 0 saturated carbocycles. The zero-order valence-electron chi connectivity index (χ0n) is 16.5. The molecular formula is C20H19BrF2N4O2S. The van der Waals surface area contributed by atoms with Crippen molar-refractivity contribution in [3.63, 3.8) is 0 Å². The highest BCUT2D eigenvalue weighted by Crippen LogP contribution is 2.27. The van der Waals surface area contributed by atoms with Crippen LogP contribution in [-0.2, 0) is 18.4 Å². The molecule has 0 radical (unpaired) electrons. The average Bonchev–Trinajstić information content (AvgIpc) is 3.04. The molecule has 3 aromatic rings. The first-order chi connectivity index (χ1) is 14.3. The number of carbonyl (C=O) groups excluding carboxylic acids is 1. The van der Waals surface area contributed by atoms with Crippen molar-refractivity contribution in [1.29, 1.82) is 0 Å². The lowest BCUT2D eigenvalue weighted by molar-refractivity contribution is -0.113. The van der Waals surface area contributed by atoms with E-state index in [0.29, 0.717) is 17.0 Å². The number of hydrogen-bond donors (Lipinski definition) is 1. The van der Waals surface area contributed by atoms with Crippen LogP contribution in [0, 0.1) is 25.5 Å². The van der Waals surface area contributed by atoms with Gasteiger partial charge in [-0.2, -0.15) is 0 Å². The summed E-state index contributed by atoms with van der Waals surface area (Å²) in [5.74, 6) is -0.689. The monoisotopic (exact) mass is 496 g/mol. The summed E-state index contributed by atoms with van der Waals surface area (Å²) in [4.78, 5) is 12.2. The molecule has 10 heteroatoms. The maximum absolute atomic E-state index is 13.8. The third-order valence-electron chi connectivity index (χ3n) is 4.44. The van der Waals surface area contributed by atoms with Crippen molar-refractivity contribution >= 4 is 39.3 Å². The minimum absolute atomic E-state index is 0.0208. The van der Waals surface area contributed by atoms with Gasteiger partial charge in [0.05, 0.1) is 11.4 Å². The van der Waals surface area contributed by atoms with Crippen LogP contribution >= 0.6 is 27.7 Å². The molecule has 0 aliphatic carbocycles. The summed E-state index contributed by atoms with van der Waals surface area (Å²) in [5, 5.41) is 11.1. The average molecular weight is 497 g/mol. The predicted octanol–water partition coefficient (Wildman–Crippen LogP) is 4.78. The van der Waals surface area contributed by atoms with Gasteiger partial charge < -0.3 is 14.6 Å². The van der Waals surface area contributed by atoms with Gasteiger partial charge in [-0.3, -0.25) is 4.79 Å². The number of aromatic nitrogens is 3. The summed E-state index contributed by atoms with van der Waals surface area (Å²) in [7, 11) is 1.78. The molecular weight excluding hydrogens is 478 g/mol. The summed E-state index contributed by atoms with van der Waals surface area (Å²) in [6.07, 6.45) is 0. The predicted molar refractivity (Wildman–Crippen MR) is 115 cm³/mol. The first kappa shape index (κ1) is 22.2. The van der Waals surface area contributed by atoms with E-state index in [9.17, 15) is 13.6 Å². The summed E-state index contributed by atoms with van der Waals surface area (Å²) < 4.78 is 34.7. The molecule has 0 spiro atoms. The molecule has 1 heterocycles. The molecule has 30 heavy (non-hydrogen) atoms. The van der Waals surface area contributed by atoms with Crippen LogP contribution in [0.1, 0.15) is 17.0 Å². The van der Waals surface area contributed by atoms with Crippen molar-refractivity contribution < 1.29 is 18.3 Å². The zero-order valence-corrected chi connectivity index (χ0v) is 18.9. The fourth-order valence-corrected chi connectivity index (χ4v) is 3.82. The van der Waals surface area contributed by atoms with Crippen molar-refractivity contribution in [2.75, 3.05) is 11.1 Å². The molecule has 1 amide bonds. The third kappa shape index (κ3) is 5.17. The Morgan fingerprint density at radius 1 is 1.27 bits per heavy atom. The van der Waals surface area contributed by atoms with Crippen LogP contribution in [0.4, 0.5) is 14.5 Å². The summed E-state index contributed by atoms with van der Waals surface area (Å²) in [5.41, 5.74) is 2.09. The molecule has 0 aliphatic rings. The Balaban J connectivity index is 1.59. The molecule has 0 aliphatic heterocycles. The number of nitrogens with one attached hydrogen (secondary N) is 1. The van der Waals surface area contributed by atoms with E-state index in [2.05, 4.69) is 31.4 Å². The lowest BCUT2D eigenvalue weighted by Crippen LogP contribution is -2.16. The Kier molecular flexibility index (Phi) is 7.09. The van der Waals surface area contributed by atoms with E-state index in [0.717, 1.165) is 34.7 Å². The number of anilines is 1. The molecule has 6 nitrogen and oxygen atoms in total. The molecule has 0 unspecified atom stereocenters. The third-order valence-corrected chi connectivity index (χ3v) is 6.09. The number of carbonyl (C=O) groups is 1. The van der Waals surface area contributed by atoms with Crippen LogP contribution in [0.25, 0.3) is 0 Å². The van der Waals surface area contributed by atoms with E-state index in [-0.39, 0.29) is 22.5 Å². The lowest BCUT2D eigenvalue weighted by Gasteiger charge is -2.11. The highest BCUT2D eigenvalue weighted by Gasteiger charge is 2.16. The van der Waals surface area contributed by atoms with Gasteiger partial charge in [0.15, 0.2) is 16.8 Å². The van der Waals surface area contributed by atoms with Crippen molar-refractivity contribution in [1.82, 2.24) is 14.8 Å². The smallest absolute Gasteiger partial charge is 0.234 e. The van der Waals surface area contributed by atoms with Crippen molar-refractivity contribution in [2.24, 2.45) is 7.05 Å². The molecule has 1 aromatic heterocycles. The number of amides is 1. The molecule has 0 fully saturated rings. The zero-order chi connectivity index (χ0) is 21.8. The second-order valence-corrected chi connectivity index (χ2v) is 8.32. The lowest BCUT2D eigenvalue weighted by atomic mass is 10.1. The quantitative estimate of drug-likeness (QED) is 0.476. The van der Waals surface area contributed by atoms with E-state index in [1.54, 1.807) is 11.6 Å². The molecule has 158 valence electrons. The maximum atomic E-state index is 13.8. The number of nitrogens with zero attached hydrogens (tertiary/aromatic N) is 3. The van der Waals surface area contributed by atoms with Gasteiger partial charge in [-0.25, -0.2) is 8.78 Å². The fourth-order valence-electron chi connectivity index (χ4n) is 2.59. The van der Waals surface area contributed by atoms with Gasteiger partial charge in [-0.15, -0.1) is 10.2 Å². The Bertz CT molecular complexity index is 1070. The first-order valence-corrected chi connectivity index (χ1v) is 10.7. The first-order valence-electron chi connectivity index (χ1n) is 8.90. The van der Waals surface area contributed by atoms with Crippen LogP contribution in [0.15, 0.2) is 40.0 Å². The Morgan fingerprint density at radius 2 is 2.03 bits per heavy atom. The van der Waals surface area contributed by atoms with E-state index < -0.39 is 17.5 Å². The van der Waals surface area contributed by atoms with Crippen LogP contribution in [0.3, 0.4) is 0 Å². The number of benzene rings is 2. The topological polar surface area (TPSA) is 69.0 Å². The van der Waals surface area contributed by atoms with E-state index in [1.807, 2.05) is 32.0 Å². The Labute approximate surface area is 185 Å². The molecule has 0 bridgehead atoms. The second kappa shape index (κ2) is 9.57. The standard InChI is InChI=1S/C20H19BrF2N4O2S/c1-11-5-4-6-16(12(11)2)29-9-17-25-26-20(27(17)3)30-10-18(28)24-19-14(21)7-13(22)8-15(19)23/h4-8H,9-10H2,1-3H3,(H,24,28). The number of aryl methyl sites for hydroxylation is 1. The van der Waals surface area contributed by atoms with Crippen molar-refractivity contribution in [3.05, 3.63) is 63.4 Å². The van der Waals surface area contributed by atoms with Crippen LogP contribution < -0.4 is 10.1 Å². The largest absolute Gasteiger partial charge is 0.485 e. The van der Waals surface area contributed by atoms with E-state index >= 15 is 0 Å². The molecule has 1 N–H and O–H groups in total. The summed E-state index contributed by atoms with van der Waals surface area (Å²) in [6, 6.07) is 7.62. The highest BCUT2D eigenvalue weighted by atomic mass is 79.9. The summed E-state index contributed by atoms with van der Waals surface area (Å²) in [6.45, 7) is 4.23. The molecule has 0 saturated heterocycles.